The van der Waals surface area contributed by atoms with Gasteiger partial charge in [-0.05, 0) is 48.7 Å². The highest BCUT2D eigenvalue weighted by Gasteiger charge is 2.32. The highest BCUT2D eigenvalue weighted by Crippen LogP contribution is 2.30. The van der Waals surface area contributed by atoms with E-state index in [1.165, 1.54) is 0 Å². The number of thiophene rings is 1. The third kappa shape index (κ3) is 4.44. The van der Waals surface area contributed by atoms with Gasteiger partial charge in [0.1, 0.15) is 22.0 Å². The number of ether oxygens (including phenoxy) is 2. The Labute approximate surface area is 214 Å². The second-order valence-electron chi connectivity index (χ2n) is 8.94. The summed E-state index contributed by atoms with van der Waals surface area (Å²) >= 11 is 1.63. The molecule has 1 unspecified atom stereocenters. The molecule has 36 heavy (non-hydrogen) atoms. The van der Waals surface area contributed by atoms with Gasteiger partial charge in [-0.15, -0.1) is 11.3 Å². The van der Waals surface area contributed by atoms with Crippen LogP contribution in [0.1, 0.15) is 33.3 Å². The van der Waals surface area contributed by atoms with E-state index in [9.17, 15) is 9.59 Å². The van der Waals surface area contributed by atoms with E-state index in [1.54, 1.807) is 37.7 Å². The molecule has 1 aliphatic heterocycles. The molecule has 1 atom stereocenters. The van der Waals surface area contributed by atoms with E-state index in [0.29, 0.717) is 43.2 Å². The van der Waals surface area contributed by atoms with Crippen LogP contribution in [-0.2, 0) is 6.54 Å². The number of nitrogens with zero attached hydrogens (tertiary/aromatic N) is 3. The largest absolute Gasteiger partial charge is 0.497 e. The Hall–Kier alpha value is -3.78. The van der Waals surface area contributed by atoms with Crippen molar-refractivity contribution in [2.45, 2.75) is 19.5 Å². The van der Waals surface area contributed by atoms with Gasteiger partial charge in [-0.2, -0.15) is 0 Å². The zero-order chi connectivity index (χ0) is 25.2. The molecular formula is C28H29N3O4S. The van der Waals surface area contributed by atoms with Crippen molar-refractivity contribution >= 4 is 33.4 Å². The number of fused-ring (bicyclic) bond motifs is 1. The molecule has 5 rings (SSSR count). The second kappa shape index (κ2) is 10.1. The second-order valence-corrected chi connectivity index (χ2v) is 9.83. The minimum absolute atomic E-state index is 0.0198. The van der Waals surface area contributed by atoms with Crippen LogP contribution in [0.2, 0.25) is 0 Å². The van der Waals surface area contributed by atoms with Gasteiger partial charge in [0.25, 0.3) is 11.8 Å². The third-order valence-corrected chi connectivity index (χ3v) is 7.69. The van der Waals surface area contributed by atoms with Crippen molar-refractivity contribution in [2.24, 2.45) is 0 Å². The van der Waals surface area contributed by atoms with Gasteiger partial charge in [0, 0.05) is 42.2 Å². The van der Waals surface area contributed by atoms with E-state index >= 15 is 0 Å². The molecule has 0 bridgehead atoms. The highest BCUT2D eigenvalue weighted by molar-refractivity contribution is 7.16. The number of piperazine rings is 1. The summed E-state index contributed by atoms with van der Waals surface area (Å²) in [6, 6.07) is 19.0. The van der Waals surface area contributed by atoms with Crippen LogP contribution in [-0.4, -0.2) is 66.1 Å². The minimum Gasteiger partial charge on any atom is -0.497 e. The maximum Gasteiger partial charge on any atom is 0.270 e. The van der Waals surface area contributed by atoms with Crippen molar-refractivity contribution in [1.29, 1.82) is 0 Å². The molecule has 4 aromatic rings. The summed E-state index contributed by atoms with van der Waals surface area (Å²) in [6.07, 6.45) is 0. The zero-order valence-corrected chi connectivity index (χ0v) is 21.5. The van der Waals surface area contributed by atoms with Gasteiger partial charge in [-0.1, -0.05) is 24.3 Å². The van der Waals surface area contributed by atoms with Crippen LogP contribution in [0.15, 0.2) is 66.0 Å². The summed E-state index contributed by atoms with van der Waals surface area (Å²) < 4.78 is 12.9. The van der Waals surface area contributed by atoms with Crippen molar-refractivity contribution in [3.63, 3.8) is 0 Å². The molecule has 1 saturated heterocycles. The summed E-state index contributed by atoms with van der Waals surface area (Å²) in [5.41, 5.74) is 2.26. The third-order valence-electron chi connectivity index (χ3n) is 6.73. The van der Waals surface area contributed by atoms with Crippen molar-refractivity contribution < 1.29 is 19.1 Å². The molecule has 2 aromatic carbocycles. The van der Waals surface area contributed by atoms with Crippen LogP contribution >= 0.6 is 11.3 Å². The van der Waals surface area contributed by atoms with Crippen LogP contribution in [0.3, 0.4) is 0 Å². The molecule has 0 spiro atoms. The quantitative estimate of drug-likeness (QED) is 0.381. The monoisotopic (exact) mass is 503 g/mol. The van der Waals surface area contributed by atoms with Gasteiger partial charge >= 0.3 is 0 Å². The lowest BCUT2D eigenvalue weighted by Crippen LogP contribution is -2.55. The lowest BCUT2D eigenvalue weighted by Gasteiger charge is -2.40. The van der Waals surface area contributed by atoms with Crippen LogP contribution < -0.4 is 9.47 Å². The van der Waals surface area contributed by atoms with Crippen LogP contribution in [0.5, 0.6) is 11.5 Å². The average molecular weight is 504 g/mol. The molecule has 0 radical (unpaired) electrons. The number of amides is 2. The number of aromatic nitrogens is 1. The van der Waals surface area contributed by atoms with E-state index in [-0.39, 0.29) is 17.9 Å². The van der Waals surface area contributed by atoms with Gasteiger partial charge < -0.3 is 23.8 Å². The predicted molar refractivity (Wildman–Crippen MR) is 141 cm³/mol. The van der Waals surface area contributed by atoms with Crippen LogP contribution in [0.4, 0.5) is 0 Å². The van der Waals surface area contributed by atoms with Gasteiger partial charge in [-0.3, -0.25) is 9.59 Å². The number of rotatable bonds is 6. The normalized spacial score (nSPS) is 15.8. The molecule has 0 aliphatic carbocycles. The van der Waals surface area contributed by atoms with E-state index in [4.69, 9.17) is 9.47 Å². The van der Waals surface area contributed by atoms with Gasteiger partial charge in [0.05, 0.1) is 20.8 Å². The first-order chi connectivity index (χ1) is 17.5. The Kier molecular flexibility index (Phi) is 6.69. The van der Waals surface area contributed by atoms with Gasteiger partial charge in [-0.25, -0.2) is 0 Å². The Morgan fingerprint density at radius 1 is 0.972 bits per heavy atom. The van der Waals surface area contributed by atoms with Crippen molar-refractivity contribution in [3.8, 4) is 11.5 Å². The summed E-state index contributed by atoms with van der Waals surface area (Å²) in [4.78, 5) is 31.7. The summed E-state index contributed by atoms with van der Waals surface area (Å²) in [7, 11) is 3.25. The Bertz CT molecular complexity index is 1410. The predicted octanol–water partition coefficient (Wildman–Crippen LogP) is 4.76. The lowest BCUT2D eigenvalue weighted by molar-refractivity contribution is 0.0409. The fourth-order valence-electron chi connectivity index (χ4n) is 4.84. The van der Waals surface area contributed by atoms with Crippen molar-refractivity contribution in [1.82, 2.24) is 14.4 Å². The standard InChI is InChI=1S/C28H29N3O4S/c1-19-17-29(12-13-30(19)26(32)20-8-6-9-23(15-20)34-2)27(33)24-16-21-11-14-36-28(21)31(24)18-22-7-4-5-10-25(22)35-3/h4-11,14-16,19H,12-13,17-18H2,1-3H3. The first-order valence-electron chi connectivity index (χ1n) is 11.9. The molecule has 2 amide bonds. The van der Waals surface area contributed by atoms with E-state index in [0.717, 1.165) is 21.5 Å². The van der Waals surface area contributed by atoms with Crippen molar-refractivity contribution in [2.75, 3.05) is 33.9 Å². The maximum absolute atomic E-state index is 13.8. The lowest BCUT2D eigenvalue weighted by atomic mass is 10.1. The smallest absolute Gasteiger partial charge is 0.270 e. The molecule has 1 aliphatic rings. The minimum atomic E-state index is -0.111. The Morgan fingerprint density at radius 3 is 2.58 bits per heavy atom. The molecule has 2 aromatic heterocycles. The fraction of sp³-hybridized carbons (Fsp3) is 0.286. The molecule has 0 N–H and O–H groups in total. The Morgan fingerprint density at radius 2 is 1.81 bits per heavy atom. The Balaban J connectivity index is 1.37. The maximum atomic E-state index is 13.8. The molecule has 3 heterocycles. The molecule has 7 nitrogen and oxygen atoms in total. The van der Waals surface area contributed by atoms with E-state index < -0.39 is 0 Å². The summed E-state index contributed by atoms with van der Waals surface area (Å²) in [5.74, 6) is 1.38. The number of hydrogen-bond acceptors (Lipinski definition) is 5. The zero-order valence-electron chi connectivity index (χ0n) is 20.6. The number of benzene rings is 2. The van der Waals surface area contributed by atoms with Crippen molar-refractivity contribution in [3.05, 3.63) is 82.9 Å². The molecular weight excluding hydrogens is 474 g/mol. The summed E-state index contributed by atoms with van der Waals surface area (Å²) in [6.45, 7) is 3.96. The van der Waals surface area contributed by atoms with Crippen LogP contribution in [0, 0.1) is 0 Å². The molecule has 8 heteroatoms. The number of methoxy groups -OCH3 is 2. The topological polar surface area (TPSA) is 64.0 Å². The summed E-state index contributed by atoms with van der Waals surface area (Å²) in [5, 5.41) is 3.10. The van der Waals surface area contributed by atoms with Gasteiger partial charge in [0.2, 0.25) is 0 Å². The molecule has 186 valence electrons. The molecule has 1 fully saturated rings. The highest BCUT2D eigenvalue weighted by atomic mass is 32.1. The SMILES string of the molecule is COc1cccc(C(=O)N2CCN(C(=O)c3cc4ccsc4n3Cc3ccccc3OC)CC2C)c1. The first kappa shape index (κ1) is 23.9. The first-order valence-corrected chi connectivity index (χ1v) is 12.8. The van der Waals surface area contributed by atoms with Gasteiger partial charge in [0.15, 0.2) is 0 Å². The molecule has 0 saturated carbocycles. The van der Waals surface area contributed by atoms with E-state index in [2.05, 4.69) is 4.57 Å². The average Bonchev–Trinajstić information content (AvgIpc) is 3.50. The number of carbonyl (C=O) groups is 2. The van der Waals surface area contributed by atoms with Crippen LogP contribution in [0.25, 0.3) is 10.2 Å². The number of para-hydroxylation sites is 1. The number of hydrogen-bond donors (Lipinski definition) is 0. The fourth-order valence-corrected chi connectivity index (χ4v) is 5.74. The number of carbonyl (C=O) groups excluding carboxylic acids is 2. The van der Waals surface area contributed by atoms with E-state index in [1.807, 2.05) is 70.6 Å².